The molecule has 7 heteroatoms. The number of ether oxygens (including phenoxy) is 1. The summed E-state index contributed by atoms with van der Waals surface area (Å²) in [6.45, 7) is 11.1. The Morgan fingerprint density at radius 3 is 2.73 bits per heavy atom. The summed E-state index contributed by atoms with van der Waals surface area (Å²) in [6, 6.07) is 5.99. The van der Waals surface area contributed by atoms with E-state index >= 15 is 0 Å². The van der Waals surface area contributed by atoms with Gasteiger partial charge in [-0.2, -0.15) is 0 Å². The third-order valence-corrected chi connectivity index (χ3v) is 5.06. The van der Waals surface area contributed by atoms with E-state index in [9.17, 15) is 9.59 Å². The fourth-order valence-electron chi connectivity index (χ4n) is 3.75. The van der Waals surface area contributed by atoms with Crippen molar-refractivity contribution in [1.29, 1.82) is 0 Å². The van der Waals surface area contributed by atoms with Gasteiger partial charge in [-0.05, 0) is 57.4 Å². The number of carbonyl (C=O) groups excluding carboxylic acids is 2. The molecule has 1 aromatic rings. The van der Waals surface area contributed by atoms with Crippen molar-refractivity contribution in [2.24, 2.45) is 4.99 Å². The Balaban J connectivity index is 2.02. The van der Waals surface area contributed by atoms with E-state index in [1.165, 1.54) is 0 Å². The average molecular weight is 413 g/mol. The van der Waals surface area contributed by atoms with E-state index in [0.717, 1.165) is 28.9 Å². The molecular formula is C23H32N4O3. The largest absolute Gasteiger partial charge is 0.443 e. The number of benzene rings is 1. The topological polar surface area (TPSA) is 74.2 Å². The van der Waals surface area contributed by atoms with Crippen LogP contribution in [-0.2, 0) is 9.53 Å². The third kappa shape index (κ3) is 5.01. The van der Waals surface area contributed by atoms with Crippen LogP contribution in [0.1, 0.15) is 53.0 Å². The second-order valence-electron chi connectivity index (χ2n) is 8.71. The molecule has 2 aliphatic rings. The maximum atomic E-state index is 12.8. The number of hydrogen-bond donors (Lipinski definition) is 1. The maximum Gasteiger partial charge on any atom is 0.414 e. The minimum Gasteiger partial charge on any atom is -0.443 e. The Morgan fingerprint density at radius 1 is 1.37 bits per heavy atom. The smallest absolute Gasteiger partial charge is 0.414 e. The van der Waals surface area contributed by atoms with Gasteiger partial charge in [0.05, 0.1) is 24.6 Å². The Morgan fingerprint density at radius 2 is 2.13 bits per heavy atom. The lowest BCUT2D eigenvalue weighted by Gasteiger charge is -2.34. The first kappa shape index (κ1) is 21.9. The number of carbonyl (C=O) groups is 2. The van der Waals surface area contributed by atoms with Gasteiger partial charge in [0.2, 0.25) is 5.91 Å². The van der Waals surface area contributed by atoms with Gasteiger partial charge in [-0.3, -0.25) is 14.7 Å². The van der Waals surface area contributed by atoms with E-state index < -0.39 is 5.60 Å². The lowest BCUT2D eigenvalue weighted by molar-refractivity contribution is -0.116. The second-order valence-corrected chi connectivity index (χ2v) is 8.71. The fraction of sp³-hybridized carbons (Fsp3) is 0.522. The van der Waals surface area contributed by atoms with Crippen molar-refractivity contribution in [2.45, 2.75) is 59.1 Å². The van der Waals surface area contributed by atoms with Crippen LogP contribution in [0.25, 0.3) is 5.57 Å². The molecule has 2 aliphatic heterocycles. The standard InChI is InChI=1S/C23H32N4O3/c1-6-10-26(16(2)28)19-7-8-21-20(13-19)17(12-18-14-24-15-25-18)9-11-27(21)22(29)30-23(3,4)5/h7-8,12-13,15,18H,6,9-11,14H2,1-5H3,(H,24,25)/b17-12+. The summed E-state index contributed by atoms with van der Waals surface area (Å²) in [6.07, 6.45) is 5.14. The highest BCUT2D eigenvalue weighted by molar-refractivity contribution is 5.98. The third-order valence-electron chi connectivity index (χ3n) is 5.06. The summed E-state index contributed by atoms with van der Waals surface area (Å²) in [5, 5.41) is 3.24. The van der Waals surface area contributed by atoms with Crippen molar-refractivity contribution in [3.63, 3.8) is 0 Å². The zero-order valence-corrected chi connectivity index (χ0v) is 18.6. The molecule has 1 aromatic carbocycles. The monoisotopic (exact) mass is 412 g/mol. The lowest BCUT2D eigenvalue weighted by atomic mass is 9.93. The highest BCUT2D eigenvalue weighted by Gasteiger charge is 2.30. The van der Waals surface area contributed by atoms with Crippen molar-refractivity contribution in [1.82, 2.24) is 5.32 Å². The van der Waals surface area contributed by atoms with E-state index in [2.05, 4.69) is 23.3 Å². The van der Waals surface area contributed by atoms with Crippen molar-refractivity contribution in [2.75, 3.05) is 29.4 Å². The van der Waals surface area contributed by atoms with Gasteiger partial charge in [0, 0.05) is 31.3 Å². The number of fused-ring (bicyclic) bond motifs is 1. The number of hydrogen-bond acceptors (Lipinski definition) is 5. The van der Waals surface area contributed by atoms with Crippen molar-refractivity contribution in [3.05, 3.63) is 29.8 Å². The molecule has 2 amide bonds. The number of nitrogens with zero attached hydrogens (tertiary/aromatic N) is 3. The quantitative estimate of drug-likeness (QED) is 0.812. The van der Waals surface area contributed by atoms with Crippen LogP contribution in [0, 0.1) is 0 Å². The first-order chi connectivity index (χ1) is 14.2. The molecule has 1 atom stereocenters. The van der Waals surface area contributed by atoms with E-state index in [-0.39, 0.29) is 18.0 Å². The summed E-state index contributed by atoms with van der Waals surface area (Å²) in [5.74, 6) is 0.00740. The molecule has 1 N–H and O–H groups in total. The zero-order chi connectivity index (χ0) is 21.9. The summed E-state index contributed by atoms with van der Waals surface area (Å²) in [4.78, 5) is 32.8. The summed E-state index contributed by atoms with van der Waals surface area (Å²) >= 11 is 0. The van der Waals surface area contributed by atoms with E-state index in [1.54, 1.807) is 23.1 Å². The van der Waals surface area contributed by atoms with Crippen LogP contribution < -0.4 is 15.1 Å². The highest BCUT2D eigenvalue weighted by Crippen LogP contribution is 2.38. The maximum absolute atomic E-state index is 12.8. The molecule has 0 radical (unpaired) electrons. The highest BCUT2D eigenvalue weighted by atomic mass is 16.6. The van der Waals surface area contributed by atoms with E-state index in [1.807, 2.05) is 39.0 Å². The molecule has 0 saturated carbocycles. The molecule has 0 fully saturated rings. The molecule has 0 aromatic heterocycles. The van der Waals surface area contributed by atoms with Crippen LogP contribution in [0.5, 0.6) is 0 Å². The molecular weight excluding hydrogens is 380 g/mol. The number of anilines is 2. The summed E-state index contributed by atoms with van der Waals surface area (Å²) in [5.41, 5.74) is 3.20. The molecule has 1 unspecified atom stereocenters. The minimum absolute atomic E-state index is 0.00740. The van der Waals surface area contributed by atoms with Crippen molar-refractivity contribution >= 4 is 35.3 Å². The second kappa shape index (κ2) is 8.90. The molecule has 0 spiro atoms. The number of rotatable bonds is 4. The minimum atomic E-state index is -0.565. The van der Waals surface area contributed by atoms with Gasteiger partial charge in [0.1, 0.15) is 5.60 Å². The Labute approximate surface area is 178 Å². The molecule has 7 nitrogen and oxygen atoms in total. The van der Waals surface area contributed by atoms with Gasteiger partial charge in [-0.25, -0.2) is 4.79 Å². The Bertz CT molecular complexity index is 862. The van der Waals surface area contributed by atoms with Crippen molar-refractivity contribution < 1.29 is 14.3 Å². The van der Waals surface area contributed by atoms with Crippen LogP contribution in [0.2, 0.25) is 0 Å². The predicted octanol–water partition coefficient (Wildman–Crippen LogP) is 3.98. The summed E-state index contributed by atoms with van der Waals surface area (Å²) in [7, 11) is 0. The van der Waals surface area contributed by atoms with Crippen LogP contribution in [0.4, 0.5) is 16.2 Å². The van der Waals surface area contributed by atoms with Gasteiger partial charge < -0.3 is 15.0 Å². The number of nitrogens with one attached hydrogen (secondary N) is 1. The van der Waals surface area contributed by atoms with Gasteiger partial charge in [-0.1, -0.05) is 13.0 Å². The van der Waals surface area contributed by atoms with Crippen molar-refractivity contribution in [3.8, 4) is 0 Å². The van der Waals surface area contributed by atoms with Gasteiger partial charge >= 0.3 is 6.09 Å². The molecule has 30 heavy (non-hydrogen) atoms. The fourth-order valence-corrected chi connectivity index (χ4v) is 3.75. The predicted molar refractivity (Wildman–Crippen MR) is 121 cm³/mol. The molecule has 162 valence electrons. The first-order valence-corrected chi connectivity index (χ1v) is 10.6. The summed E-state index contributed by atoms with van der Waals surface area (Å²) < 4.78 is 5.63. The molecule has 2 heterocycles. The van der Waals surface area contributed by atoms with E-state index in [4.69, 9.17) is 4.74 Å². The van der Waals surface area contributed by atoms with Gasteiger partial charge in [-0.15, -0.1) is 0 Å². The molecule has 0 saturated heterocycles. The SMILES string of the molecule is CCCN(C(C)=O)c1ccc2c(c1)/C(=C/C1CN=CN1)CCN2C(=O)OC(C)(C)C. The van der Waals surface area contributed by atoms with Crippen LogP contribution in [-0.4, -0.2) is 49.6 Å². The Hall–Kier alpha value is -2.83. The van der Waals surface area contributed by atoms with Gasteiger partial charge in [0.25, 0.3) is 0 Å². The average Bonchev–Trinajstić information content (AvgIpc) is 3.17. The Kier molecular flexibility index (Phi) is 6.48. The van der Waals surface area contributed by atoms with Crippen LogP contribution in [0.3, 0.4) is 0 Å². The zero-order valence-electron chi connectivity index (χ0n) is 18.6. The van der Waals surface area contributed by atoms with E-state index in [0.29, 0.717) is 26.1 Å². The molecule has 0 aliphatic carbocycles. The number of aliphatic imine (C=N–C) groups is 1. The first-order valence-electron chi connectivity index (χ1n) is 10.6. The van der Waals surface area contributed by atoms with Crippen LogP contribution in [0.15, 0.2) is 29.3 Å². The number of amides is 2. The van der Waals surface area contributed by atoms with Gasteiger partial charge in [0.15, 0.2) is 0 Å². The molecule has 0 bridgehead atoms. The normalized spacial score (nSPS) is 19.4. The van der Waals surface area contributed by atoms with Crippen LogP contribution >= 0.6 is 0 Å². The lowest BCUT2D eigenvalue weighted by Crippen LogP contribution is -2.40. The molecule has 3 rings (SSSR count).